The molecule has 0 aromatic carbocycles. The summed E-state index contributed by atoms with van der Waals surface area (Å²) in [6.45, 7) is 11.0. The molecule has 1 aromatic heterocycles. The summed E-state index contributed by atoms with van der Waals surface area (Å²) in [5.74, 6) is 0.714. The van der Waals surface area contributed by atoms with Crippen molar-refractivity contribution < 1.29 is 5.11 Å². The number of hydrogen-bond acceptors (Lipinski definition) is 2. The van der Waals surface area contributed by atoms with Crippen LogP contribution in [0.2, 0.25) is 0 Å². The van der Waals surface area contributed by atoms with Gasteiger partial charge < -0.3 is 15.0 Å². The highest BCUT2D eigenvalue weighted by Gasteiger charge is 2.33. The smallest absolute Gasteiger partial charge is 0.0613 e. The number of aryl methyl sites for hydroxylation is 1. The third-order valence-corrected chi connectivity index (χ3v) is 5.04. The van der Waals surface area contributed by atoms with Crippen molar-refractivity contribution in [2.75, 3.05) is 6.61 Å². The Balaban J connectivity index is 2.07. The van der Waals surface area contributed by atoms with Gasteiger partial charge in [0.05, 0.1) is 6.61 Å². The number of aliphatic hydroxyl groups excluding tert-OH is 1. The predicted octanol–water partition coefficient (Wildman–Crippen LogP) is 3.16. The van der Waals surface area contributed by atoms with Gasteiger partial charge in [0, 0.05) is 30.0 Å². The Morgan fingerprint density at radius 1 is 1.45 bits per heavy atom. The fourth-order valence-corrected chi connectivity index (χ4v) is 3.84. The van der Waals surface area contributed by atoms with Crippen LogP contribution in [-0.4, -0.2) is 21.8 Å². The van der Waals surface area contributed by atoms with Crippen LogP contribution < -0.4 is 5.32 Å². The van der Waals surface area contributed by atoms with E-state index in [9.17, 15) is 5.11 Å². The Hall–Kier alpha value is -0.800. The molecule has 2 atom stereocenters. The third-order valence-electron chi connectivity index (χ3n) is 5.04. The quantitative estimate of drug-likeness (QED) is 0.868. The average molecular weight is 278 g/mol. The van der Waals surface area contributed by atoms with E-state index in [4.69, 9.17) is 0 Å². The number of aliphatic hydroxyl groups is 1. The van der Waals surface area contributed by atoms with Crippen LogP contribution in [0.4, 0.5) is 0 Å². The molecule has 3 heteroatoms. The Morgan fingerprint density at radius 2 is 2.20 bits per heavy atom. The van der Waals surface area contributed by atoms with Gasteiger partial charge in [-0.1, -0.05) is 19.8 Å². The molecule has 0 spiro atoms. The van der Waals surface area contributed by atoms with Gasteiger partial charge in [-0.2, -0.15) is 0 Å². The Bertz CT molecular complexity index is 452. The zero-order valence-corrected chi connectivity index (χ0v) is 13.5. The molecule has 1 aliphatic carbocycles. The van der Waals surface area contributed by atoms with Gasteiger partial charge in [-0.3, -0.25) is 0 Å². The molecule has 20 heavy (non-hydrogen) atoms. The zero-order chi connectivity index (χ0) is 14.8. The van der Waals surface area contributed by atoms with Gasteiger partial charge in [0.1, 0.15) is 0 Å². The minimum absolute atomic E-state index is 0.0632. The lowest BCUT2D eigenvalue weighted by molar-refractivity contribution is 0.0982. The number of rotatable bonds is 5. The van der Waals surface area contributed by atoms with E-state index in [2.05, 4.69) is 43.6 Å². The molecule has 0 saturated heterocycles. The molecule has 114 valence electrons. The summed E-state index contributed by atoms with van der Waals surface area (Å²) in [5, 5.41) is 13.5. The lowest BCUT2D eigenvalue weighted by atomic mass is 9.77. The van der Waals surface area contributed by atoms with Gasteiger partial charge in [-0.05, 0) is 51.2 Å². The van der Waals surface area contributed by atoms with E-state index in [1.54, 1.807) is 0 Å². The maximum absolute atomic E-state index is 9.84. The molecule has 2 N–H and O–H groups in total. The van der Waals surface area contributed by atoms with Gasteiger partial charge >= 0.3 is 0 Å². The number of hydrogen-bond donors (Lipinski definition) is 2. The van der Waals surface area contributed by atoms with Gasteiger partial charge in [-0.25, -0.2) is 0 Å². The summed E-state index contributed by atoms with van der Waals surface area (Å²) in [6.07, 6.45) is 4.72. The van der Waals surface area contributed by atoms with E-state index in [1.165, 1.54) is 29.8 Å². The van der Waals surface area contributed by atoms with Gasteiger partial charge in [0.15, 0.2) is 0 Å². The fraction of sp³-hybridized carbons (Fsp3) is 0.765. The Kier molecular flexibility index (Phi) is 4.92. The van der Waals surface area contributed by atoms with E-state index >= 15 is 0 Å². The molecular weight excluding hydrogens is 248 g/mol. The van der Waals surface area contributed by atoms with Crippen LogP contribution in [0.5, 0.6) is 0 Å². The van der Waals surface area contributed by atoms with Crippen LogP contribution in [0.25, 0.3) is 0 Å². The first-order valence-electron chi connectivity index (χ1n) is 8.03. The Labute approximate surface area is 123 Å². The van der Waals surface area contributed by atoms with E-state index in [0.29, 0.717) is 5.92 Å². The van der Waals surface area contributed by atoms with E-state index in [0.717, 1.165) is 25.9 Å². The van der Waals surface area contributed by atoms with Crippen molar-refractivity contribution in [1.82, 2.24) is 9.88 Å². The molecule has 0 aliphatic heterocycles. The van der Waals surface area contributed by atoms with Gasteiger partial charge in [0.2, 0.25) is 0 Å². The van der Waals surface area contributed by atoms with Crippen LogP contribution in [0.15, 0.2) is 6.07 Å². The first kappa shape index (κ1) is 15.6. The first-order valence-corrected chi connectivity index (χ1v) is 8.03. The monoisotopic (exact) mass is 278 g/mol. The largest absolute Gasteiger partial charge is 0.394 e. The molecule has 1 fully saturated rings. The molecule has 1 aromatic rings. The molecule has 3 nitrogen and oxygen atoms in total. The lowest BCUT2D eigenvalue weighted by Crippen LogP contribution is -2.51. The van der Waals surface area contributed by atoms with Crippen LogP contribution in [-0.2, 0) is 13.1 Å². The second kappa shape index (κ2) is 6.31. The molecule has 1 heterocycles. The highest BCUT2D eigenvalue weighted by Crippen LogP contribution is 2.32. The van der Waals surface area contributed by atoms with Crippen LogP contribution in [0, 0.1) is 19.8 Å². The second-order valence-electron chi connectivity index (χ2n) is 6.63. The fourth-order valence-electron chi connectivity index (χ4n) is 3.84. The third kappa shape index (κ3) is 3.09. The molecular formula is C17H30N2O. The molecule has 1 aliphatic rings. The summed E-state index contributed by atoms with van der Waals surface area (Å²) in [5.41, 5.74) is 3.99. The van der Waals surface area contributed by atoms with Crippen LogP contribution >= 0.6 is 0 Å². The van der Waals surface area contributed by atoms with E-state index < -0.39 is 0 Å². The van der Waals surface area contributed by atoms with Crippen LogP contribution in [0.1, 0.15) is 56.5 Å². The van der Waals surface area contributed by atoms with Crippen molar-refractivity contribution in [2.24, 2.45) is 5.92 Å². The van der Waals surface area contributed by atoms with Crippen molar-refractivity contribution in [1.29, 1.82) is 0 Å². The summed E-state index contributed by atoms with van der Waals surface area (Å²) in [4.78, 5) is 0. The van der Waals surface area contributed by atoms with E-state index in [1.807, 2.05) is 0 Å². The summed E-state index contributed by atoms with van der Waals surface area (Å²) >= 11 is 0. The second-order valence-corrected chi connectivity index (χ2v) is 6.63. The van der Waals surface area contributed by atoms with Crippen molar-refractivity contribution in [3.8, 4) is 0 Å². The highest BCUT2D eigenvalue weighted by atomic mass is 16.3. The van der Waals surface area contributed by atoms with E-state index in [-0.39, 0.29) is 12.1 Å². The first-order chi connectivity index (χ1) is 9.51. The van der Waals surface area contributed by atoms with Crippen molar-refractivity contribution in [3.05, 3.63) is 23.0 Å². The molecule has 0 amide bonds. The summed E-state index contributed by atoms with van der Waals surface area (Å²) in [6, 6.07) is 2.28. The number of nitrogens with zero attached hydrogens (tertiary/aromatic N) is 1. The minimum Gasteiger partial charge on any atom is -0.394 e. The zero-order valence-electron chi connectivity index (χ0n) is 13.5. The van der Waals surface area contributed by atoms with Gasteiger partial charge in [0.25, 0.3) is 0 Å². The van der Waals surface area contributed by atoms with Crippen molar-refractivity contribution in [3.63, 3.8) is 0 Å². The van der Waals surface area contributed by atoms with Crippen molar-refractivity contribution in [2.45, 2.75) is 72.0 Å². The summed E-state index contributed by atoms with van der Waals surface area (Å²) < 4.78 is 2.35. The normalized spacial score (nSPS) is 26.9. The van der Waals surface area contributed by atoms with Gasteiger partial charge in [-0.15, -0.1) is 0 Å². The molecule has 2 unspecified atom stereocenters. The standard InChI is InChI=1S/C17H30N2O/c1-5-19-14(3)9-16(15(19)4)11-18-17(12-20)8-6-7-13(2)10-17/h9,13,18,20H,5-8,10-12H2,1-4H3. The maximum Gasteiger partial charge on any atom is 0.0613 e. The number of aromatic nitrogens is 1. The molecule has 0 bridgehead atoms. The molecule has 2 rings (SSSR count). The lowest BCUT2D eigenvalue weighted by Gasteiger charge is -2.39. The van der Waals surface area contributed by atoms with Crippen molar-refractivity contribution >= 4 is 0 Å². The SMILES string of the molecule is CCn1c(C)cc(CNC2(CO)CCCC(C)C2)c1C. The maximum atomic E-state index is 9.84. The number of nitrogens with one attached hydrogen (secondary N) is 1. The highest BCUT2D eigenvalue weighted by molar-refractivity contribution is 5.26. The minimum atomic E-state index is -0.0632. The average Bonchev–Trinajstić information content (AvgIpc) is 2.71. The predicted molar refractivity (Wildman–Crippen MR) is 83.9 cm³/mol. The topological polar surface area (TPSA) is 37.2 Å². The van der Waals surface area contributed by atoms with Crippen LogP contribution in [0.3, 0.4) is 0 Å². The summed E-state index contributed by atoms with van der Waals surface area (Å²) in [7, 11) is 0. The Morgan fingerprint density at radius 3 is 2.75 bits per heavy atom. The molecule has 0 radical (unpaired) electrons. The molecule has 1 saturated carbocycles.